The van der Waals surface area contributed by atoms with Gasteiger partial charge < -0.3 is 98.9 Å². The Balaban J connectivity index is -0.000000412. The zero-order chi connectivity index (χ0) is 54.4. The molecular formula is C38H65ClN29NaO4. The van der Waals surface area contributed by atoms with Crippen molar-refractivity contribution in [3.05, 3.63) is 41.5 Å². The third kappa shape index (κ3) is 33.2. The van der Waals surface area contributed by atoms with E-state index in [-0.39, 0.29) is 100 Å². The number of aliphatic hydroxyl groups is 1. The van der Waals surface area contributed by atoms with Crippen LogP contribution in [0.3, 0.4) is 0 Å². The molecule has 0 saturated heterocycles. The predicted octanol–water partition coefficient (Wildman–Crippen LogP) is -6.34. The fourth-order valence-corrected chi connectivity index (χ4v) is 3.94. The summed E-state index contributed by atoms with van der Waals surface area (Å²) in [6.07, 6.45) is 5.16. The van der Waals surface area contributed by atoms with E-state index in [1.165, 1.54) is 18.6 Å². The number of hydrogen-bond donors (Lipinski definition) is 17. The van der Waals surface area contributed by atoms with Crippen LogP contribution in [0.15, 0.2) is 24.8 Å². The summed E-state index contributed by atoms with van der Waals surface area (Å²) in [6.45, 7) is 10.9. The molecule has 5 aromatic heterocycles. The van der Waals surface area contributed by atoms with Crippen LogP contribution in [0.4, 0.5) is 57.8 Å². The minimum Gasteiger partial charge on any atom is -0.855 e. The first-order chi connectivity index (χ1) is 33.7. The average molecular weight is 1050 g/mol. The number of nitriles is 3. The number of ether oxygens (including phenoxy) is 1. The molecule has 0 unspecified atom stereocenters. The molecule has 0 atom stereocenters. The van der Waals surface area contributed by atoms with Gasteiger partial charge in [-0.25, -0.2) is 24.7 Å². The number of nitrogens with two attached hydrogens (primary N) is 10. The summed E-state index contributed by atoms with van der Waals surface area (Å²) in [5.41, 5.74) is 53.1. The Morgan fingerprint density at radius 2 is 0.973 bits per heavy atom. The number of fused-ring (bicyclic) bond motifs is 1. The van der Waals surface area contributed by atoms with Crippen LogP contribution in [0.2, 0.25) is 0 Å². The second-order valence-electron chi connectivity index (χ2n) is 13.5. The molecule has 0 aliphatic heterocycles. The number of halogens is 1. The maximum absolute atomic E-state index is 11.4. The molecule has 0 aliphatic rings. The van der Waals surface area contributed by atoms with E-state index in [0.29, 0.717) is 87.2 Å². The minimum atomic E-state index is -0.526. The number of carbonyl (C=O) groups excluding carboxylic acids is 1. The Morgan fingerprint density at radius 3 is 1.29 bits per heavy atom. The van der Waals surface area contributed by atoms with E-state index in [0.717, 1.165) is 7.11 Å². The molecule has 0 saturated carbocycles. The van der Waals surface area contributed by atoms with Gasteiger partial charge in [0.25, 0.3) is 0 Å². The average Bonchev–Trinajstić information content (AvgIpc) is 3.31. The SMILES string of the molecule is CC(C)(C)OC(=O)NCCNc1ncc(C#N)c(N)n1.CC[O-].CO.Cl.N#Cc1cnc(NCCN)nc1N.N#Cc1cnc(NCCN)nc1N.N=C(N)N.NCCNc1ncc2c(N)nc(N)nc2n1.[Na+]. The van der Waals surface area contributed by atoms with Gasteiger partial charge in [-0.2, -0.15) is 45.7 Å². The number of aromatic nitrogens is 10. The number of amides is 1. The zero-order valence-electron chi connectivity index (χ0n) is 41.3. The van der Waals surface area contributed by atoms with Gasteiger partial charge >= 0.3 is 35.7 Å². The summed E-state index contributed by atoms with van der Waals surface area (Å²) in [5.74, 6) is 2.02. The van der Waals surface area contributed by atoms with Crippen molar-refractivity contribution in [1.29, 1.82) is 21.2 Å². The number of aliphatic hydroxyl groups excluding tert-OH is 1. The largest absolute Gasteiger partial charge is 1.00 e. The number of nitrogen functional groups attached to an aromatic ring is 5. The molecule has 33 nitrogen and oxygen atoms in total. The third-order valence-corrected chi connectivity index (χ3v) is 6.67. The number of guanidine groups is 1. The number of nitrogens with zero attached hydrogens (tertiary/aromatic N) is 13. The summed E-state index contributed by atoms with van der Waals surface area (Å²) in [4.78, 5) is 50.6. The molecular weight excluding hydrogens is 985 g/mol. The van der Waals surface area contributed by atoms with Gasteiger partial charge in [-0.1, -0.05) is 6.92 Å². The van der Waals surface area contributed by atoms with E-state index in [9.17, 15) is 4.79 Å². The molecule has 0 aromatic carbocycles. The van der Waals surface area contributed by atoms with Crippen molar-refractivity contribution < 1.29 is 49.3 Å². The number of anilines is 9. The molecule has 394 valence electrons. The first-order valence-corrected chi connectivity index (χ1v) is 20.5. The van der Waals surface area contributed by atoms with Crippen LogP contribution < -0.4 is 119 Å². The van der Waals surface area contributed by atoms with Gasteiger partial charge in [0.05, 0.1) is 24.0 Å². The van der Waals surface area contributed by atoms with Crippen LogP contribution in [-0.2, 0) is 4.74 Å². The Kier molecular flexibility index (Phi) is 40.9. The van der Waals surface area contributed by atoms with E-state index in [1.807, 2.05) is 18.2 Å². The Morgan fingerprint density at radius 1 is 0.644 bits per heavy atom. The summed E-state index contributed by atoms with van der Waals surface area (Å²) in [5, 5.41) is 62.4. The van der Waals surface area contributed by atoms with Crippen molar-refractivity contribution in [3.8, 4) is 18.2 Å². The predicted molar refractivity (Wildman–Crippen MR) is 275 cm³/mol. The number of rotatable bonds is 13. The Hall–Kier alpha value is -8.04. The molecule has 35 heteroatoms. The summed E-state index contributed by atoms with van der Waals surface area (Å²) >= 11 is 0. The van der Waals surface area contributed by atoms with E-state index < -0.39 is 11.7 Å². The van der Waals surface area contributed by atoms with E-state index in [4.69, 9.17) is 82.0 Å². The van der Waals surface area contributed by atoms with Gasteiger partial charge in [0.15, 0.2) is 11.6 Å². The third-order valence-electron chi connectivity index (χ3n) is 6.67. The molecule has 73 heavy (non-hydrogen) atoms. The number of alkyl carbamates (subject to hydrolysis) is 1. The molecule has 5 rings (SSSR count). The van der Waals surface area contributed by atoms with Crippen molar-refractivity contribution in [3.63, 3.8) is 0 Å². The fraction of sp³-hybridized carbons (Fsp3) is 0.395. The van der Waals surface area contributed by atoms with Gasteiger partial charge in [-0.05, 0) is 20.8 Å². The number of nitrogens with one attached hydrogen (secondary N) is 6. The van der Waals surface area contributed by atoms with Crippen LogP contribution >= 0.6 is 12.4 Å². The fourth-order valence-electron chi connectivity index (χ4n) is 3.94. The molecule has 0 radical (unpaired) electrons. The van der Waals surface area contributed by atoms with Gasteiger partial charge in [0, 0.05) is 65.7 Å². The van der Waals surface area contributed by atoms with Gasteiger partial charge in [-0.15, -0.1) is 19.0 Å². The normalized spacial score (nSPS) is 9.14. The van der Waals surface area contributed by atoms with Crippen LogP contribution in [0.5, 0.6) is 0 Å². The van der Waals surface area contributed by atoms with E-state index >= 15 is 0 Å². The van der Waals surface area contributed by atoms with Gasteiger partial charge in [0.2, 0.25) is 29.7 Å². The van der Waals surface area contributed by atoms with Crippen molar-refractivity contribution in [2.24, 2.45) is 28.7 Å². The van der Waals surface area contributed by atoms with Crippen molar-refractivity contribution in [2.45, 2.75) is 33.3 Å². The molecule has 0 aliphatic carbocycles. The second-order valence-corrected chi connectivity index (χ2v) is 13.5. The van der Waals surface area contributed by atoms with Crippen LogP contribution in [0, 0.1) is 39.4 Å². The molecule has 0 fully saturated rings. The summed E-state index contributed by atoms with van der Waals surface area (Å²) in [6, 6.07) is 5.63. The molecule has 0 bridgehead atoms. The zero-order valence-corrected chi connectivity index (χ0v) is 44.2. The summed E-state index contributed by atoms with van der Waals surface area (Å²) < 4.78 is 5.07. The molecule has 27 N–H and O–H groups in total. The maximum atomic E-state index is 11.4. The topological polar surface area (TPSA) is 614 Å². The molecule has 5 heterocycles. The minimum absolute atomic E-state index is 0. The quantitative estimate of drug-likeness (QED) is 0.0226. The molecule has 0 spiro atoms. The van der Waals surface area contributed by atoms with Crippen LogP contribution in [0.1, 0.15) is 44.4 Å². The first kappa shape index (κ1) is 71.5. The van der Waals surface area contributed by atoms with Gasteiger partial charge in [0.1, 0.15) is 63.8 Å². The number of hydrogen-bond acceptors (Lipinski definition) is 30. The summed E-state index contributed by atoms with van der Waals surface area (Å²) in [7, 11) is 1.00. The van der Waals surface area contributed by atoms with Crippen LogP contribution in [-0.4, -0.2) is 139 Å². The standard InChI is InChI=1S/C12H18N6O2.C8H12N8.2C7H10N6.C2H5O.CH5N3.CH4O.ClH.Na/c1-12(2,3)20-11(19)16-5-4-15-10-17-7-8(6-13)9(14)18-10;9-1-2-12-8-13-3-4-5(10)14-7(11)15-6(4)16-8;2*8-1-2-11-7-12-4-5(3-9)6(10)13-7;1-2-3;2-1(3)4;1-2;;/h7H,4-5H2,1-3H3,(H,16,19)(H3,14,15,17,18);3H,1-2,9H2,(H5,10,11,12,13,14,15,16);2*4H,1-2,8H2,(H3,10,11,12,13);2H2,1H3;(H5,2,3,4);2H,1H3;1H;/q;;;;-1;;;;+1. The van der Waals surface area contributed by atoms with Gasteiger partial charge in [-0.3, -0.25) is 5.41 Å². The number of carbonyl (C=O) groups is 1. The Labute approximate surface area is 449 Å². The smallest absolute Gasteiger partial charge is 0.855 e. The Bertz CT molecular complexity index is 2410. The first-order valence-electron chi connectivity index (χ1n) is 20.5. The second kappa shape index (κ2) is 41.7. The maximum Gasteiger partial charge on any atom is 1.00 e. The van der Waals surface area contributed by atoms with Crippen molar-refractivity contribution >= 4 is 88.5 Å². The monoisotopic (exact) mass is 1050 g/mol. The molecule has 5 aromatic rings. The van der Waals surface area contributed by atoms with Crippen molar-refractivity contribution in [1.82, 2.24) is 55.2 Å². The van der Waals surface area contributed by atoms with Crippen LogP contribution in [0.25, 0.3) is 11.0 Å². The van der Waals surface area contributed by atoms with E-state index in [2.05, 4.69) is 87.9 Å². The van der Waals surface area contributed by atoms with Crippen molar-refractivity contribution in [2.75, 3.05) is 116 Å². The molecule has 1 amide bonds. The van der Waals surface area contributed by atoms with E-state index in [1.54, 1.807) is 33.9 Å².